The van der Waals surface area contributed by atoms with Crippen LogP contribution >= 0.6 is 0 Å². The van der Waals surface area contributed by atoms with E-state index in [2.05, 4.69) is 26.0 Å². The van der Waals surface area contributed by atoms with Crippen LogP contribution in [0.5, 0.6) is 0 Å². The summed E-state index contributed by atoms with van der Waals surface area (Å²) in [6.07, 6.45) is 12.2. The third-order valence-electron chi connectivity index (χ3n) is 4.08. The molecule has 19 heavy (non-hydrogen) atoms. The van der Waals surface area contributed by atoms with Crippen LogP contribution in [0.2, 0.25) is 0 Å². The third kappa shape index (κ3) is 6.13. The van der Waals surface area contributed by atoms with Crippen molar-refractivity contribution in [3.63, 3.8) is 0 Å². The molecule has 1 rings (SSSR count). The fourth-order valence-corrected chi connectivity index (χ4v) is 2.81. The van der Waals surface area contributed by atoms with Gasteiger partial charge in [-0.3, -0.25) is 0 Å². The molecule has 0 saturated carbocycles. The highest BCUT2D eigenvalue weighted by Gasteiger charge is 2.11. The molecule has 1 heteroatoms. The van der Waals surface area contributed by atoms with E-state index in [0.717, 1.165) is 5.69 Å². The van der Waals surface area contributed by atoms with Crippen LogP contribution in [0.15, 0.2) is 24.3 Å². The molecule has 108 valence electrons. The maximum absolute atomic E-state index is 6.08. The van der Waals surface area contributed by atoms with Crippen molar-refractivity contribution in [3.05, 3.63) is 29.8 Å². The van der Waals surface area contributed by atoms with Crippen LogP contribution in [-0.2, 0) is 0 Å². The number of nitrogen functional groups attached to an aromatic ring is 1. The Morgan fingerprint density at radius 1 is 0.895 bits per heavy atom. The van der Waals surface area contributed by atoms with Gasteiger partial charge in [0.25, 0.3) is 0 Å². The molecule has 1 unspecified atom stereocenters. The molecule has 0 aliphatic carbocycles. The number of unbranched alkanes of at least 4 members (excludes halogenated alkanes) is 6. The minimum Gasteiger partial charge on any atom is -0.398 e. The highest BCUT2D eigenvalue weighted by Crippen LogP contribution is 2.29. The molecule has 0 aliphatic heterocycles. The lowest BCUT2D eigenvalue weighted by molar-refractivity contribution is 0.526. The third-order valence-corrected chi connectivity index (χ3v) is 4.08. The largest absolute Gasteiger partial charge is 0.398 e. The van der Waals surface area contributed by atoms with Crippen LogP contribution in [0.4, 0.5) is 5.69 Å². The Hall–Kier alpha value is -0.980. The summed E-state index contributed by atoms with van der Waals surface area (Å²) in [6.45, 7) is 4.55. The average Bonchev–Trinajstić information content (AvgIpc) is 2.43. The molecular formula is C18H31N. The van der Waals surface area contributed by atoms with Gasteiger partial charge in [-0.05, 0) is 30.4 Å². The maximum Gasteiger partial charge on any atom is 0.0349 e. The predicted molar refractivity (Wildman–Crippen MR) is 86.5 cm³/mol. The number of benzene rings is 1. The highest BCUT2D eigenvalue weighted by atomic mass is 14.6. The van der Waals surface area contributed by atoms with Crippen molar-refractivity contribution in [2.75, 3.05) is 5.73 Å². The zero-order chi connectivity index (χ0) is 13.9. The molecule has 1 atom stereocenters. The van der Waals surface area contributed by atoms with Gasteiger partial charge in [-0.2, -0.15) is 0 Å². The standard InChI is InChI=1S/C18H31N/c1-3-5-6-7-8-9-10-13-16(4-2)17-14-11-12-15-18(17)19/h11-12,14-16H,3-10,13,19H2,1-2H3. The molecule has 0 aliphatic rings. The minimum absolute atomic E-state index is 0.650. The first-order valence-corrected chi connectivity index (χ1v) is 8.14. The van der Waals surface area contributed by atoms with Gasteiger partial charge >= 0.3 is 0 Å². The van der Waals surface area contributed by atoms with Crippen molar-refractivity contribution < 1.29 is 0 Å². The van der Waals surface area contributed by atoms with Crippen molar-refractivity contribution in [1.82, 2.24) is 0 Å². The number of rotatable bonds is 10. The van der Waals surface area contributed by atoms with Gasteiger partial charge in [-0.25, -0.2) is 0 Å². The second kappa shape index (κ2) is 9.89. The van der Waals surface area contributed by atoms with E-state index in [9.17, 15) is 0 Å². The quantitative estimate of drug-likeness (QED) is 0.411. The van der Waals surface area contributed by atoms with Crippen molar-refractivity contribution in [2.24, 2.45) is 0 Å². The molecule has 0 amide bonds. The molecule has 0 aromatic heterocycles. The molecule has 0 spiro atoms. The van der Waals surface area contributed by atoms with Gasteiger partial charge in [0, 0.05) is 5.69 Å². The van der Waals surface area contributed by atoms with Gasteiger partial charge in [0.15, 0.2) is 0 Å². The maximum atomic E-state index is 6.08. The zero-order valence-corrected chi connectivity index (χ0v) is 12.8. The zero-order valence-electron chi connectivity index (χ0n) is 12.8. The summed E-state index contributed by atoms with van der Waals surface area (Å²) in [5.41, 5.74) is 8.41. The minimum atomic E-state index is 0.650. The lowest BCUT2D eigenvalue weighted by Crippen LogP contribution is -2.02. The van der Waals surface area contributed by atoms with Crippen LogP contribution < -0.4 is 5.73 Å². The topological polar surface area (TPSA) is 26.0 Å². The number of anilines is 1. The van der Waals surface area contributed by atoms with Gasteiger partial charge in [0.1, 0.15) is 0 Å². The number of nitrogens with two attached hydrogens (primary N) is 1. The van der Waals surface area contributed by atoms with E-state index >= 15 is 0 Å². The van der Waals surface area contributed by atoms with E-state index in [0.29, 0.717) is 5.92 Å². The molecule has 0 saturated heterocycles. The molecule has 0 heterocycles. The van der Waals surface area contributed by atoms with Crippen LogP contribution in [0.3, 0.4) is 0 Å². The Kier molecular flexibility index (Phi) is 8.36. The molecule has 0 bridgehead atoms. The SMILES string of the molecule is CCCCCCCCCC(CC)c1ccccc1N. The molecule has 1 aromatic carbocycles. The second-order valence-corrected chi connectivity index (χ2v) is 5.64. The Morgan fingerprint density at radius 2 is 1.53 bits per heavy atom. The highest BCUT2D eigenvalue weighted by molar-refractivity contribution is 5.48. The van der Waals surface area contributed by atoms with Gasteiger partial charge in [-0.1, -0.05) is 77.0 Å². The van der Waals surface area contributed by atoms with E-state index in [1.807, 2.05) is 12.1 Å². The average molecular weight is 261 g/mol. The molecule has 0 radical (unpaired) electrons. The molecular weight excluding hydrogens is 230 g/mol. The summed E-state index contributed by atoms with van der Waals surface area (Å²) in [4.78, 5) is 0. The second-order valence-electron chi connectivity index (χ2n) is 5.64. The van der Waals surface area contributed by atoms with E-state index in [1.165, 1.54) is 63.4 Å². The molecule has 1 nitrogen and oxygen atoms in total. The molecule has 1 aromatic rings. The van der Waals surface area contributed by atoms with Crippen molar-refractivity contribution in [3.8, 4) is 0 Å². The van der Waals surface area contributed by atoms with Crippen molar-refractivity contribution >= 4 is 5.69 Å². The van der Waals surface area contributed by atoms with E-state index in [1.54, 1.807) is 0 Å². The summed E-state index contributed by atoms with van der Waals surface area (Å²) >= 11 is 0. The summed E-state index contributed by atoms with van der Waals surface area (Å²) in [5, 5.41) is 0. The van der Waals surface area contributed by atoms with Crippen molar-refractivity contribution in [2.45, 2.75) is 77.6 Å². The molecule has 0 fully saturated rings. The normalized spacial score (nSPS) is 12.5. The van der Waals surface area contributed by atoms with Gasteiger partial charge in [-0.15, -0.1) is 0 Å². The lowest BCUT2D eigenvalue weighted by Gasteiger charge is -2.17. The smallest absolute Gasteiger partial charge is 0.0349 e. The first kappa shape index (κ1) is 16.1. The van der Waals surface area contributed by atoms with Gasteiger partial charge in [0.2, 0.25) is 0 Å². The van der Waals surface area contributed by atoms with E-state index in [-0.39, 0.29) is 0 Å². The Morgan fingerprint density at radius 3 is 2.16 bits per heavy atom. The summed E-state index contributed by atoms with van der Waals surface area (Å²) in [7, 11) is 0. The Labute approximate surface area is 119 Å². The summed E-state index contributed by atoms with van der Waals surface area (Å²) < 4.78 is 0. The first-order chi connectivity index (χ1) is 9.29. The predicted octanol–water partition coefficient (Wildman–Crippen LogP) is 5.90. The first-order valence-electron chi connectivity index (χ1n) is 8.14. The van der Waals surface area contributed by atoms with Crippen LogP contribution in [0.25, 0.3) is 0 Å². The van der Waals surface area contributed by atoms with Crippen LogP contribution in [0, 0.1) is 0 Å². The number of hydrogen-bond donors (Lipinski definition) is 1. The van der Waals surface area contributed by atoms with Crippen molar-refractivity contribution in [1.29, 1.82) is 0 Å². The van der Waals surface area contributed by atoms with Gasteiger partial charge in [0.05, 0.1) is 0 Å². The monoisotopic (exact) mass is 261 g/mol. The van der Waals surface area contributed by atoms with E-state index in [4.69, 9.17) is 5.73 Å². The summed E-state index contributed by atoms with van der Waals surface area (Å²) in [5.74, 6) is 0.650. The molecule has 2 N–H and O–H groups in total. The van der Waals surface area contributed by atoms with Gasteiger partial charge < -0.3 is 5.73 Å². The van der Waals surface area contributed by atoms with Crippen LogP contribution in [-0.4, -0.2) is 0 Å². The summed E-state index contributed by atoms with van der Waals surface area (Å²) in [6, 6.07) is 8.37. The Bertz CT molecular complexity index is 332. The van der Waals surface area contributed by atoms with E-state index < -0.39 is 0 Å². The lowest BCUT2D eigenvalue weighted by atomic mass is 9.89. The fraction of sp³-hybridized carbons (Fsp3) is 0.667. The number of hydrogen-bond acceptors (Lipinski definition) is 1. The number of para-hydroxylation sites is 1. The Balaban J connectivity index is 2.24. The van der Waals surface area contributed by atoms with Crippen LogP contribution in [0.1, 0.15) is 83.1 Å². The fourth-order valence-electron chi connectivity index (χ4n) is 2.81.